The third kappa shape index (κ3) is 2.18. The maximum Gasteiger partial charge on any atom is 0.135 e. The van der Waals surface area contributed by atoms with Gasteiger partial charge in [-0.3, -0.25) is 0 Å². The molecule has 5 aromatic carbocycles. The fraction of sp³-hybridized carbons (Fsp3) is 0.0968. The van der Waals surface area contributed by atoms with Crippen LogP contribution in [0.4, 0.5) is 0 Å². The molecule has 32 heavy (non-hydrogen) atoms. The molecule has 0 N–H and O–H groups in total. The van der Waals surface area contributed by atoms with E-state index in [-0.39, 0.29) is 5.41 Å². The Morgan fingerprint density at radius 3 is 1.97 bits per heavy atom. The maximum absolute atomic E-state index is 6.44. The molecule has 1 heterocycles. The van der Waals surface area contributed by atoms with Crippen LogP contribution in [0.5, 0.6) is 11.5 Å². The fourth-order valence-electron chi connectivity index (χ4n) is 5.82. The van der Waals surface area contributed by atoms with Crippen molar-refractivity contribution in [1.82, 2.24) is 0 Å². The topological polar surface area (TPSA) is 9.23 Å². The molecule has 0 aromatic heterocycles. The second kappa shape index (κ2) is 6.11. The van der Waals surface area contributed by atoms with Crippen molar-refractivity contribution in [2.75, 3.05) is 0 Å². The largest absolute Gasteiger partial charge is 0.456 e. The number of hydrogen-bond donors (Lipinski definition) is 0. The maximum atomic E-state index is 6.44. The Balaban J connectivity index is 1.58. The Kier molecular flexibility index (Phi) is 3.40. The average molecular weight is 411 g/mol. The molecule has 1 aliphatic carbocycles. The molecule has 0 radical (unpaired) electrons. The summed E-state index contributed by atoms with van der Waals surface area (Å²) in [4.78, 5) is 0. The van der Waals surface area contributed by atoms with Gasteiger partial charge in [0.25, 0.3) is 0 Å². The molecular weight excluding hydrogens is 388 g/mol. The van der Waals surface area contributed by atoms with Gasteiger partial charge in [-0.05, 0) is 56.5 Å². The van der Waals surface area contributed by atoms with Crippen LogP contribution in [0.1, 0.15) is 25.0 Å². The van der Waals surface area contributed by atoms with Gasteiger partial charge in [0.05, 0.1) is 0 Å². The van der Waals surface area contributed by atoms with Crippen molar-refractivity contribution in [1.29, 1.82) is 0 Å². The lowest BCUT2D eigenvalue weighted by Gasteiger charge is -2.25. The smallest absolute Gasteiger partial charge is 0.135 e. The first-order valence-electron chi connectivity index (χ1n) is 11.2. The van der Waals surface area contributed by atoms with E-state index in [4.69, 9.17) is 4.74 Å². The molecule has 1 aliphatic heterocycles. The lowest BCUT2D eigenvalue weighted by atomic mass is 9.81. The normalized spacial score (nSPS) is 14.4. The monoisotopic (exact) mass is 410 g/mol. The Morgan fingerprint density at radius 1 is 0.500 bits per heavy atom. The number of fused-ring (bicyclic) bond motifs is 5. The summed E-state index contributed by atoms with van der Waals surface area (Å²) in [5.41, 5.74) is 10.4. The van der Waals surface area contributed by atoms with Crippen molar-refractivity contribution in [3.05, 3.63) is 108 Å². The molecule has 0 spiro atoms. The summed E-state index contributed by atoms with van der Waals surface area (Å²) >= 11 is 0. The summed E-state index contributed by atoms with van der Waals surface area (Å²) < 4.78 is 6.44. The van der Waals surface area contributed by atoms with Gasteiger partial charge in [-0.25, -0.2) is 0 Å². The highest BCUT2D eigenvalue weighted by Crippen LogP contribution is 2.55. The Morgan fingerprint density at radius 2 is 1.09 bits per heavy atom. The van der Waals surface area contributed by atoms with Crippen LogP contribution in [-0.2, 0) is 5.41 Å². The summed E-state index contributed by atoms with van der Waals surface area (Å²) in [5.74, 6) is 1.87. The molecule has 0 atom stereocenters. The summed E-state index contributed by atoms with van der Waals surface area (Å²) in [5, 5.41) is 2.41. The summed E-state index contributed by atoms with van der Waals surface area (Å²) in [6.07, 6.45) is 0. The molecule has 0 saturated carbocycles. The predicted octanol–water partition coefficient (Wildman–Crippen LogP) is 8.59. The molecule has 0 unspecified atom stereocenters. The van der Waals surface area contributed by atoms with E-state index >= 15 is 0 Å². The molecular formula is C31H22O. The minimum Gasteiger partial charge on any atom is -0.456 e. The van der Waals surface area contributed by atoms with E-state index in [0.29, 0.717) is 0 Å². The molecule has 0 bridgehead atoms. The van der Waals surface area contributed by atoms with Gasteiger partial charge in [0.1, 0.15) is 11.5 Å². The van der Waals surface area contributed by atoms with Crippen LogP contribution in [-0.4, -0.2) is 0 Å². The van der Waals surface area contributed by atoms with E-state index in [1.165, 1.54) is 55.3 Å². The van der Waals surface area contributed by atoms with Crippen molar-refractivity contribution in [2.24, 2.45) is 0 Å². The highest BCUT2D eigenvalue weighted by atomic mass is 16.5. The minimum atomic E-state index is -0.0140. The molecule has 0 saturated heterocycles. The van der Waals surface area contributed by atoms with Crippen LogP contribution >= 0.6 is 0 Å². The zero-order valence-electron chi connectivity index (χ0n) is 18.1. The zero-order chi connectivity index (χ0) is 21.4. The van der Waals surface area contributed by atoms with Gasteiger partial charge in [-0.1, -0.05) is 98.8 Å². The fourth-order valence-corrected chi connectivity index (χ4v) is 5.82. The summed E-state index contributed by atoms with van der Waals surface area (Å²) in [7, 11) is 0. The zero-order valence-corrected chi connectivity index (χ0v) is 18.1. The van der Waals surface area contributed by atoms with Gasteiger partial charge < -0.3 is 4.74 Å². The van der Waals surface area contributed by atoms with Crippen LogP contribution in [0.3, 0.4) is 0 Å². The Hall–Kier alpha value is -3.84. The molecule has 1 nitrogen and oxygen atoms in total. The first-order chi connectivity index (χ1) is 15.6. The molecule has 7 rings (SSSR count). The molecule has 2 aliphatic rings. The lowest BCUT2D eigenvalue weighted by molar-refractivity contribution is 0.487. The number of rotatable bonds is 1. The predicted molar refractivity (Wildman–Crippen MR) is 132 cm³/mol. The highest BCUT2D eigenvalue weighted by Gasteiger charge is 2.37. The van der Waals surface area contributed by atoms with Crippen LogP contribution in [0, 0.1) is 0 Å². The second-order valence-corrected chi connectivity index (χ2v) is 9.34. The summed E-state index contributed by atoms with van der Waals surface area (Å²) in [6, 6.07) is 34.9. The van der Waals surface area contributed by atoms with Gasteiger partial charge in [0.2, 0.25) is 0 Å². The molecule has 0 amide bonds. The molecule has 152 valence electrons. The molecule has 1 heteroatoms. The van der Waals surface area contributed by atoms with Gasteiger partial charge in [0.15, 0.2) is 0 Å². The first-order valence-corrected chi connectivity index (χ1v) is 11.2. The molecule has 0 fully saturated rings. The lowest BCUT2D eigenvalue weighted by Crippen LogP contribution is -2.14. The van der Waals surface area contributed by atoms with E-state index in [0.717, 1.165) is 11.5 Å². The standard InChI is InChI=1S/C31H22O/c1-31(2)24-15-4-3-11-22(24)29-20(12-7-16-25(29)31)21-13-8-18-27-30(21)23-14-5-9-19-10-6-17-26(32-27)28(19)23/h3-18H,1-2H3. The van der Waals surface area contributed by atoms with E-state index in [9.17, 15) is 0 Å². The Labute approximate surface area is 187 Å². The van der Waals surface area contributed by atoms with E-state index < -0.39 is 0 Å². The van der Waals surface area contributed by atoms with Crippen molar-refractivity contribution >= 4 is 10.8 Å². The van der Waals surface area contributed by atoms with Crippen molar-refractivity contribution < 1.29 is 4.74 Å². The van der Waals surface area contributed by atoms with Gasteiger partial charge in [0, 0.05) is 16.4 Å². The average Bonchev–Trinajstić information content (AvgIpc) is 3.06. The quantitative estimate of drug-likeness (QED) is 0.264. The number of benzene rings is 5. The molecule has 5 aromatic rings. The summed E-state index contributed by atoms with van der Waals surface area (Å²) in [6.45, 7) is 4.67. The first kappa shape index (κ1) is 17.8. The Bertz CT molecular complexity index is 1570. The van der Waals surface area contributed by atoms with E-state index in [2.05, 4.69) is 111 Å². The van der Waals surface area contributed by atoms with Crippen LogP contribution in [0.2, 0.25) is 0 Å². The van der Waals surface area contributed by atoms with Gasteiger partial charge in [-0.2, -0.15) is 0 Å². The SMILES string of the molecule is CC1(C)c2ccccc2-c2c(-c3cccc4c3-c3cccc5cccc(c35)O4)cccc21. The van der Waals surface area contributed by atoms with Crippen molar-refractivity contribution in [3.63, 3.8) is 0 Å². The number of ether oxygens (including phenoxy) is 1. The number of hydrogen-bond acceptors (Lipinski definition) is 1. The van der Waals surface area contributed by atoms with Gasteiger partial charge in [-0.15, -0.1) is 0 Å². The van der Waals surface area contributed by atoms with Crippen LogP contribution < -0.4 is 4.74 Å². The van der Waals surface area contributed by atoms with Crippen molar-refractivity contribution in [3.8, 4) is 44.9 Å². The van der Waals surface area contributed by atoms with Gasteiger partial charge >= 0.3 is 0 Å². The third-order valence-electron chi connectivity index (χ3n) is 7.28. The van der Waals surface area contributed by atoms with E-state index in [1.54, 1.807) is 0 Å². The van der Waals surface area contributed by atoms with Crippen LogP contribution in [0.15, 0.2) is 97.1 Å². The third-order valence-corrected chi connectivity index (χ3v) is 7.28. The second-order valence-electron chi connectivity index (χ2n) is 9.34. The minimum absolute atomic E-state index is 0.0140. The van der Waals surface area contributed by atoms with Crippen LogP contribution in [0.25, 0.3) is 44.2 Å². The van der Waals surface area contributed by atoms with E-state index in [1.807, 2.05) is 0 Å². The highest BCUT2D eigenvalue weighted by molar-refractivity contribution is 6.08. The van der Waals surface area contributed by atoms with Crippen molar-refractivity contribution in [2.45, 2.75) is 19.3 Å².